The number of amides is 1. The van der Waals surface area contributed by atoms with Crippen molar-refractivity contribution in [2.45, 2.75) is 45.6 Å². The molecule has 0 radical (unpaired) electrons. The van der Waals surface area contributed by atoms with Crippen LogP contribution in [0, 0.1) is 11.8 Å². The van der Waals surface area contributed by atoms with Crippen LogP contribution in [-0.2, 0) is 14.3 Å². The second kappa shape index (κ2) is 8.25. The van der Waals surface area contributed by atoms with Crippen LogP contribution >= 0.6 is 0 Å². The highest BCUT2D eigenvalue weighted by atomic mass is 16.5. The smallest absolute Gasteiger partial charge is 0.309 e. The number of carbonyl (C=O) groups excluding carboxylic acids is 2. The third-order valence-corrected chi connectivity index (χ3v) is 3.98. The molecule has 0 saturated heterocycles. The Bertz CT molecular complexity index is 325. The van der Waals surface area contributed by atoms with E-state index in [1.807, 2.05) is 18.9 Å². The molecule has 20 heavy (non-hydrogen) atoms. The summed E-state index contributed by atoms with van der Waals surface area (Å²) >= 11 is 0. The van der Waals surface area contributed by atoms with E-state index in [-0.39, 0.29) is 17.8 Å². The Labute approximate surface area is 122 Å². The summed E-state index contributed by atoms with van der Waals surface area (Å²) in [7, 11) is 3.23. The molecule has 0 aromatic rings. The number of rotatable bonds is 6. The number of nitrogens with one attached hydrogen (secondary N) is 1. The molecular weight excluding hydrogens is 256 g/mol. The molecule has 1 fully saturated rings. The summed E-state index contributed by atoms with van der Waals surface area (Å²) in [6, 6.07) is 0.324. The van der Waals surface area contributed by atoms with E-state index >= 15 is 0 Å². The van der Waals surface area contributed by atoms with E-state index in [1.54, 1.807) is 0 Å². The van der Waals surface area contributed by atoms with Crippen LogP contribution in [0.25, 0.3) is 0 Å². The number of carbonyl (C=O) groups is 2. The summed E-state index contributed by atoms with van der Waals surface area (Å²) in [4.78, 5) is 25.1. The first-order chi connectivity index (χ1) is 9.42. The highest BCUT2D eigenvalue weighted by molar-refractivity contribution is 5.78. The molecule has 1 rings (SSSR count). The van der Waals surface area contributed by atoms with E-state index in [2.05, 4.69) is 17.0 Å². The summed E-state index contributed by atoms with van der Waals surface area (Å²) in [5.74, 6) is 0.378. The maximum Gasteiger partial charge on any atom is 0.309 e. The van der Waals surface area contributed by atoms with Crippen LogP contribution in [-0.4, -0.2) is 50.1 Å². The minimum Gasteiger partial charge on any atom is -0.469 e. The van der Waals surface area contributed by atoms with Crippen LogP contribution in [0.3, 0.4) is 0 Å². The maximum atomic E-state index is 12.0. The molecule has 0 spiro atoms. The first-order valence-corrected chi connectivity index (χ1v) is 7.48. The first-order valence-electron chi connectivity index (χ1n) is 7.48. The Kier molecular flexibility index (Phi) is 6.99. The SMILES string of the molecule is COC(=O)C(C)CN(C)CC(=O)NC1CCC(C)CC1. The predicted molar refractivity (Wildman–Crippen MR) is 78.2 cm³/mol. The number of esters is 1. The van der Waals surface area contributed by atoms with E-state index in [4.69, 9.17) is 0 Å². The average Bonchev–Trinajstić information content (AvgIpc) is 2.40. The van der Waals surface area contributed by atoms with Gasteiger partial charge in [0.05, 0.1) is 19.6 Å². The molecule has 0 aromatic heterocycles. The molecule has 1 unspecified atom stereocenters. The number of hydrogen-bond acceptors (Lipinski definition) is 4. The molecule has 1 aliphatic carbocycles. The van der Waals surface area contributed by atoms with Crippen molar-refractivity contribution in [3.8, 4) is 0 Å². The van der Waals surface area contributed by atoms with E-state index in [0.717, 1.165) is 18.8 Å². The lowest BCUT2D eigenvalue weighted by Crippen LogP contribution is -2.43. The van der Waals surface area contributed by atoms with Gasteiger partial charge in [-0.3, -0.25) is 14.5 Å². The standard InChI is InChI=1S/C15H28N2O3/c1-11-5-7-13(8-6-11)16-14(18)10-17(3)9-12(2)15(19)20-4/h11-13H,5-10H2,1-4H3,(H,16,18). The lowest BCUT2D eigenvalue weighted by molar-refractivity contribution is -0.145. The second-order valence-electron chi connectivity index (χ2n) is 6.15. The molecule has 0 aliphatic heterocycles. The van der Waals surface area contributed by atoms with Crippen molar-refractivity contribution in [2.75, 3.05) is 27.2 Å². The summed E-state index contributed by atoms with van der Waals surface area (Å²) in [6.45, 7) is 4.93. The zero-order valence-corrected chi connectivity index (χ0v) is 13.1. The summed E-state index contributed by atoms with van der Waals surface area (Å²) in [5, 5.41) is 3.09. The fraction of sp³-hybridized carbons (Fsp3) is 0.867. The van der Waals surface area contributed by atoms with E-state index in [9.17, 15) is 9.59 Å². The Balaban J connectivity index is 2.26. The van der Waals surface area contributed by atoms with Gasteiger partial charge in [0.15, 0.2) is 0 Å². The van der Waals surface area contributed by atoms with Gasteiger partial charge in [0.25, 0.3) is 0 Å². The van der Waals surface area contributed by atoms with Crippen LogP contribution in [0.2, 0.25) is 0 Å². The van der Waals surface area contributed by atoms with Crippen LogP contribution < -0.4 is 5.32 Å². The number of nitrogens with zero attached hydrogens (tertiary/aromatic N) is 1. The lowest BCUT2D eigenvalue weighted by Gasteiger charge is -2.28. The molecular formula is C15H28N2O3. The van der Waals surface area contributed by atoms with Crippen LogP contribution in [0.4, 0.5) is 0 Å². The van der Waals surface area contributed by atoms with Gasteiger partial charge < -0.3 is 10.1 Å². The topological polar surface area (TPSA) is 58.6 Å². The molecule has 1 N–H and O–H groups in total. The summed E-state index contributed by atoms with van der Waals surface area (Å²) < 4.78 is 4.68. The minimum atomic E-state index is -0.237. The van der Waals surface area contributed by atoms with Crippen LogP contribution in [0.5, 0.6) is 0 Å². The van der Waals surface area contributed by atoms with E-state index in [1.165, 1.54) is 20.0 Å². The molecule has 0 heterocycles. The van der Waals surface area contributed by atoms with Crippen molar-refractivity contribution in [3.63, 3.8) is 0 Å². The number of methoxy groups -OCH3 is 1. The molecule has 0 aromatic carbocycles. The molecule has 0 bridgehead atoms. The highest BCUT2D eigenvalue weighted by Gasteiger charge is 2.21. The quantitative estimate of drug-likeness (QED) is 0.750. The number of ether oxygens (including phenoxy) is 1. The van der Waals surface area contributed by atoms with Gasteiger partial charge in [0.1, 0.15) is 0 Å². The minimum absolute atomic E-state index is 0.0455. The third-order valence-electron chi connectivity index (χ3n) is 3.98. The van der Waals surface area contributed by atoms with E-state index < -0.39 is 0 Å². The van der Waals surface area contributed by atoms with Gasteiger partial charge in [-0.1, -0.05) is 13.8 Å². The van der Waals surface area contributed by atoms with Crippen molar-refractivity contribution >= 4 is 11.9 Å². The van der Waals surface area contributed by atoms with Gasteiger partial charge in [-0.05, 0) is 38.6 Å². The lowest BCUT2D eigenvalue weighted by atomic mass is 9.87. The second-order valence-corrected chi connectivity index (χ2v) is 6.15. The number of hydrogen-bond donors (Lipinski definition) is 1. The van der Waals surface area contributed by atoms with Gasteiger partial charge in [-0.15, -0.1) is 0 Å². The monoisotopic (exact) mass is 284 g/mol. The maximum absolute atomic E-state index is 12.0. The Morgan fingerprint density at radius 3 is 2.45 bits per heavy atom. The Hall–Kier alpha value is -1.10. The summed E-state index contributed by atoms with van der Waals surface area (Å²) in [5.41, 5.74) is 0. The largest absolute Gasteiger partial charge is 0.469 e. The molecule has 5 nitrogen and oxygen atoms in total. The number of likely N-dealkylation sites (N-methyl/N-ethyl adjacent to an activating group) is 1. The fourth-order valence-corrected chi connectivity index (χ4v) is 2.73. The van der Waals surface area contributed by atoms with Gasteiger partial charge >= 0.3 is 5.97 Å². The molecule has 1 saturated carbocycles. The van der Waals surface area contributed by atoms with Gasteiger partial charge in [-0.25, -0.2) is 0 Å². The molecule has 1 aliphatic rings. The van der Waals surface area contributed by atoms with Crippen LogP contribution in [0.15, 0.2) is 0 Å². The zero-order chi connectivity index (χ0) is 15.1. The van der Waals surface area contributed by atoms with E-state index in [0.29, 0.717) is 19.1 Å². The average molecular weight is 284 g/mol. The van der Waals surface area contributed by atoms with Crippen LogP contribution in [0.1, 0.15) is 39.5 Å². The first kappa shape index (κ1) is 17.0. The van der Waals surface area contributed by atoms with Gasteiger partial charge in [-0.2, -0.15) is 0 Å². The molecule has 116 valence electrons. The fourth-order valence-electron chi connectivity index (χ4n) is 2.73. The third kappa shape index (κ3) is 5.90. The Morgan fingerprint density at radius 1 is 1.30 bits per heavy atom. The van der Waals surface area contributed by atoms with Crippen molar-refractivity contribution < 1.29 is 14.3 Å². The van der Waals surface area contributed by atoms with Gasteiger partial charge in [0.2, 0.25) is 5.91 Å². The summed E-state index contributed by atoms with van der Waals surface area (Å²) in [6.07, 6.45) is 4.55. The molecule has 1 atom stereocenters. The zero-order valence-electron chi connectivity index (χ0n) is 13.1. The van der Waals surface area contributed by atoms with Crippen molar-refractivity contribution in [1.29, 1.82) is 0 Å². The molecule has 1 amide bonds. The van der Waals surface area contributed by atoms with Crippen molar-refractivity contribution in [1.82, 2.24) is 10.2 Å². The normalized spacial score (nSPS) is 24.2. The van der Waals surface area contributed by atoms with Crippen molar-refractivity contribution in [3.05, 3.63) is 0 Å². The van der Waals surface area contributed by atoms with Gasteiger partial charge in [0, 0.05) is 12.6 Å². The molecule has 5 heteroatoms. The predicted octanol–water partition coefficient (Wildman–Crippen LogP) is 1.42. The Morgan fingerprint density at radius 2 is 1.90 bits per heavy atom. The highest BCUT2D eigenvalue weighted by Crippen LogP contribution is 2.23. The van der Waals surface area contributed by atoms with Crippen molar-refractivity contribution in [2.24, 2.45) is 11.8 Å².